The van der Waals surface area contributed by atoms with E-state index in [1.807, 2.05) is 58.0 Å². The first-order valence-electron chi connectivity index (χ1n) is 7.88. The Morgan fingerprint density at radius 1 is 1.21 bits per heavy atom. The summed E-state index contributed by atoms with van der Waals surface area (Å²) in [7, 11) is 0. The molecule has 0 aliphatic heterocycles. The van der Waals surface area contributed by atoms with Crippen molar-refractivity contribution in [1.29, 1.82) is 0 Å². The smallest absolute Gasteiger partial charge is 0.412 e. The molecule has 0 saturated carbocycles. The maximum atomic E-state index is 12.0. The lowest BCUT2D eigenvalue weighted by Gasteiger charge is -2.20. The van der Waals surface area contributed by atoms with Crippen molar-refractivity contribution in [2.75, 3.05) is 11.9 Å². The molecule has 0 radical (unpaired) electrons. The predicted octanol–water partition coefficient (Wildman–Crippen LogP) is 4.03. The van der Waals surface area contributed by atoms with Gasteiger partial charge in [0.2, 0.25) is 0 Å². The number of carbonyl (C=O) groups is 1. The largest absolute Gasteiger partial charge is 0.444 e. The van der Waals surface area contributed by atoms with Crippen LogP contribution >= 0.6 is 0 Å². The van der Waals surface area contributed by atoms with E-state index < -0.39 is 11.7 Å². The molecule has 0 bridgehead atoms. The van der Waals surface area contributed by atoms with E-state index in [1.54, 1.807) is 6.20 Å². The molecule has 1 N–H and O–H groups in total. The molecule has 0 saturated heterocycles. The van der Waals surface area contributed by atoms with E-state index in [1.165, 1.54) is 0 Å². The molecular weight excluding hydrogens is 306 g/mol. The number of hydrogen-bond donors (Lipinski definition) is 1. The van der Waals surface area contributed by atoms with Crippen LogP contribution < -0.4 is 5.32 Å². The van der Waals surface area contributed by atoms with Gasteiger partial charge in [-0.15, -0.1) is 0 Å². The Bertz CT molecular complexity index is 682. The Hall–Kier alpha value is -2.47. The van der Waals surface area contributed by atoms with Crippen LogP contribution in [0.25, 0.3) is 11.4 Å². The second-order valence-corrected chi connectivity index (χ2v) is 6.18. The minimum atomic E-state index is -0.574. The molecule has 6 nitrogen and oxygen atoms in total. The molecule has 0 fully saturated rings. The van der Waals surface area contributed by atoms with Gasteiger partial charge < -0.3 is 9.47 Å². The monoisotopic (exact) mass is 329 g/mol. The molecular formula is C18H23N3O3. The van der Waals surface area contributed by atoms with E-state index in [0.717, 1.165) is 5.56 Å². The number of nitrogens with zero attached hydrogens (tertiary/aromatic N) is 2. The lowest BCUT2D eigenvalue weighted by molar-refractivity contribution is 0.0635. The summed E-state index contributed by atoms with van der Waals surface area (Å²) in [6.07, 6.45) is 1.03. The number of ether oxygens (including phenoxy) is 2. The third-order valence-corrected chi connectivity index (χ3v) is 2.98. The summed E-state index contributed by atoms with van der Waals surface area (Å²) in [4.78, 5) is 20.8. The number of rotatable bonds is 5. The SMILES string of the molecule is CCOCc1nc(-c2ccccc2)ncc1NC(=O)OC(C)(C)C. The van der Waals surface area contributed by atoms with Gasteiger partial charge in [-0.1, -0.05) is 30.3 Å². The summed E-state index contributed by atoms with van der Waals surface area (Å²) in [5, 5.41) is 2.69. The average molecular weight is 329 g/mol. The van der Waals surface area contributed by atoms with E-state index in [9.17, 15) is 4.79 Å². The van der Waals surface area contributed by atoms with Gasteiger partial charge in [-0.3, -0.25) is 5.32 Å². The fraction of sp³-hybridized carbons (Fsp3) is 0.389. The van der Waals surface area contributed by atoms with Crippen LogP contribution in [0.5, 0.6) is 0 Å². The fourth-order valence-corrected chi connectivity index (χ4v) is 1.97. The average Bonchev–Trinajstić information content (AvgIpc) is 2.53. The molecule has 6 heteroatoms. The van der Waals surface area contributed by atoms with Crippen LogP contribution in [0.3, 0.4) is 0 Å². The van der Waals surface area contributed by atoms with E-state index >= 15 is 0 Å². The molecule has 2 aromatic rings. The standard InChI is InChI=1S/C18H23N3O3/c1-5-23-12-15-14(21-17(22)24-18(2,3)4)11-19-16(20-15)13-9-7-6-8-10-13/h6-11H,5,12H2,1-4H3,(H,21,22). The third-order valence-electron chi connectivity index (χ3n) is 2.98. The first-order chi connectivity index (χ1) is 11.4. The first kappa shape index (κ1) is 17.9. The van der Waals surface area contributed by atoms with Crippen molar-refractivity contribution in [1.82, 2.24) is 9.97 Å². The van der Waals surface area contributed by atoms with Gasteiger partial charge in [-0.2, -0.15) is 0 Å². The first-order valence-corrected chi connectivity index (χ1v) is 7.88. The van der Waals surface area contributed by atoms with Gasteiger partial charge in [-0.05, 0) is 27.7 Å². The Morgan fingerprint density at radius 3 is 2.54 bits per heavy atom. The molecule has 0 spiro atoms. The Labute approximate surface area is 142 Å². The van der Waals surface area contributed by atoms with Gasteiger partial charge in [0, 0.05) is 12.2 Å². The van der Waals surface area contributed by atoms with Crippen molar-refractivity contribution in [3.63, 3.8) is 0 Å². The zero-order valence-electron chi connectivity index (χ0n) is 14.5. The number of hydrogen-bond acceptors (Lipinski definition) is 5. The summed E-state index contributed by atoms with van der Waals surface area (Å²) in [6, 6.07) is 9.64. The lowest BCUT2D eigenvalue weighted by atomic mass is 10.2. The maximum absolute atomic E-state index is 12.0. The molecule has 0 aliphatic rings. The van der Waals surface area contributed by atoms with E-state index in [0.29, 0.717) is 23.8 Å². The zero-order valence-corrected chi connectivity index (χ0v) is 14.5. The van der Waals surface area contributed by atoms with Crippen LogP contribution in [0.2, 0.25) is 0 Å². The minimum Gasteiger partial charge on any atom is -0.444 e. The molecule has 24 heavy (non-hydrogen) atoms. The Balaban J connectivity index is 2.25. The topological polar surface area (TPSA) is 73.3 Å². The molecule has 1 aromatic heterocycles. The summed E-state index contributed by atoms with van der Waals surface area (Å²) < 4.78 is 10.7. The summed E-state index contributed by atoms with van der Waals surface area (Å²) in [5.41, 5.74) is 1.42. The molecule has 128 valence electrons. The van der Waals surface area contributed by atoms with Crippen molar-refractivity contribution >= 4 is 11.8 Å². The number of carbonyl (C=O) groups excluding carboxylic acids is 1. The van der Waals surface area contributed by atoms with Gasteiger partial charge in [0.1, 0.15) is 5.60 Å². The zero-order chi connectivity index (χ0) is 17.6. The van der Waals surface area contributed by atoms with E-state index in [2.05, 4.69) is 15.3 Å². The second kappa shape index (κ2) is 7.88. The highest BCUT2D eigenvalue weighted by Gasteiger charge is 2.18. The Kier molecular flexibility index (Phi) is 5.87. The molecule has 1 amide bonds. The number of benzene rings is 1. The lowest BCUT2D eigenvalue weighted by Crippen LogP contribution is -2.27. The summed E-state index contributed by atoms with van der Waals surface area (Å²) in [5.74, 6) is 0.583. The van der Waals surface area contributed by atoms with Gasteiger partial charge in [0.25, 0.3) is 0 Å². The molecule has 0 aliphatic carbocycles. The number of nitrogens with one attached hydrogen (secondary N) is 1. The van der Waals surface area contributed by atoms with Crippen LogP contribution in [0, 0.1) is 0 Å². The van der Waals surface area contributed by atoms with Gasteiger partial charge in [0.05, 0.1) is 24.2 Å². The Morgan fingerprint density at radius 2 is 1.92 bits per heavy atom. The summed E-state index contributed by atoms with van der Waals surface area (Å²) in [6.45, 7) is 8.16. The second-order valence-electron chi connectivity index (χ2n) is 6.18. The van der Waals surface area contributed by atoms with E-state index in [-0.39, 0.29) is 6.61 Å². The summed E-state index contributed by atoms with van der Waals surface area (Å²) >= 11 is 0. The van der Waals surface area contributed by atoms with Crippen LogP contribution in [0.4, 0.5) is 10.5 Å². The van der Waals surface area contributed by atoms with Gasteiger partial charge >= 0.3 is 6.09 Å². The van der Waals surface area contributed by atoms with Gasteiger partial charge in [0.15, 0.2) is 5.82 Å². The van der Waals surface area contributed by atoms with Crippen molar-refractivity contribution in [2.24, 2.45) is 0 Å². The van der Waals surface area contributed by atoms with Crippen molar-refractivity contribution in [3.8, 4) is 11.4 Å². The van der Waals surface area contributed by atoms with Crippen LogP contribution in [-0.2, 0) is 16.1 Å². The third kappa shape index (κ3) is 5.31. The maximum Gasteiger partial charge on any atom is 0.412 e. The number of anilines is 1. The van der Waals surface area contributed by atoms with Crippen molar-refractivity contribution in [2.45, 2.75) is 39.9 Å². The van der Waals surface area contributed by atoms with Crippen LogP contribution in [-0.4, -0.2) is 28.3 Å². The molecule has 1 aromatic carbocycles. The van der Waals surface area contributed by atoms with E-state index in [4.69, 9.17) is 9.47 Å². The van der Waals surface area contributed by atoms with Crippen molar-refractivity contribution < 1.29 is 14.3 Å². The van der Waals surface area contributed by atoms with Crippen LogP contribution in [0.1, 0.15) is 33.4 Å². The highest BCUT2D eigenvalue weighted by atomic mass is 16.6. The normalized spacial score (nSPS) is 11.2. The number of amides is 1. The molecule has 0 unspecified atom stereocenters. The highest BCUT2D eigenvalue weighted by Crippen LogP contribution is 2.20. The molecule has 1 heterocycles. The fourth-order valence-electron chi connectivity index (χ4n) is 1.97. The predicted molar refractivity (Wildman–Crippen MR) is 92.7 cm³/mol. The van der Waals surface area contributed by atoms with Crippen LogP contribution in [0.15, 0.2) is 36.5 Å². The van der Waals surface area contributed by atoms with Gasteiger partial charge in [-0.25, -0.2) is 14.8 Å². The molecule has 0 atom stereocenters. The highest BCUT2D eigenvalue weighted by molar-refractivity contribution is 5.85. The van der Waals surface area contributed by atoms with Crippen molar-refractivity contribution in [3.05, 3.63) is 42.2 Å². The number of aromatic nitrogens is 2. The quantitative estimate of drug-likeness (QED) is 0.896. The molecule has 2 rings (SSSR count). The minimum absolute atomic E-state index is 0.282.